The number of hydrogen-bond donors (Lipinski definition) is 1. The molecule has 2 aromatic rings. The molecule has 0 heterocycles. The minimum absolute atomic E-state index is 0.217. The fourth-order valence-corrected chi connectivity index (χ4v) is 1.64. The van der Waals surface area contributed by atoms with Crippen LogP contribution in [0.25, 0.3) is 10.8 Å². The lowest BCUT2D eigenvalue weighted by Crippen LogP contribution is -1.92. The topological polar surface area (TPSA) is 63.4 Å². The van der Waals surface area contributed by atoms with Crippen molar-refractivity contribution in [3.63, 3.8) is 0 Å². The number of phenolic OH excluding ortho intramolecular Hbond substituents is 1. The Balaban J connectivity index is 2.95. The highest BCUT2D eigenvalue weighted by Crippen LogP contribution is 2.36. The van der Waals surface area contributed by atoms with Gasteiger partial charge >= 0.3 is 5.69 Å². The van der Waals surface area contributed by atoms with E-state index >= 15 is 0 Å². The van der Waals surface area contributed by atoms with Gasteiger partial charge in [-0.2, -0.15) is 0 Å². The monoisotopic (exact) mass is 203 g/mol. The second kappa shape index (κ2) is 3.24. The molecule has 15 heavy (non-hydrogen) atoms. The highest BCUT2D eigenvalue weighted by Gasteiger charge is 2.19. The highest BCUT2D eigenvalue weighted by atomic mass is 16.6. The van der Waals surface area contributed by atoms with Gasteiger partial charge in [0.1, 0.15) is 0 Å². The van der Waals surface area contributed by atoms with Crippen molar-refractivity contribution in [2.45, 2.75) is 6.92 Å². The maximum Gasteiger partial charge on any atom is 0.318 e. The van der Waals surface area contributed by atoms with E-state index in [0.29, 0.717) is 10.9 Å². The van der Waals surface area contributed by atoms with Gasteiger partial charge in [0.15, 0.2) is 5.75 Å². The molecule has 4 heteroatoms. The number of nitro groups is 1. The van der Waals surface area contributed by atoms with E-state index in [0.717, 1.165) is 5.39 Å². The van der Waals surface area contributed by atoms with Gasteiger partial charge in [-0.25, -0.2) is 0 Å². The van der Waals surface area contributed by atoms with Gasteiger partial charge in [0.2, 0.25) is 0 Å². The van der Waals surface area contributed by atoms with Crippen molar-refractivity contribution in [3.05, 3.63) is 46.0 Å². The predicted octanol–water partition coefficient (Wildman–Crippen LogP) is 2.76. The normalized spacial score (nSPS) is 10.5. The van der Waals surface area contributed by atoms with Gasteiger partial charge < -0.3 is 5.11 Å². The number of hydrogen-bond acceptors (Lipinski definition) is 3. The largest absolute Gasteiger partial charge is 0.502 e. The molecule has 2 rings (SSSR count). The summed E-state index contributed by atoms with van der Waals surface area (Å²) < 4.78 is 0. The van der Waals surface area contributed by atoms with Gasteiger partial charge in [-0.3, -0.25) is 10.1 Å². The summed E-state index contributed by atoms with van der Waals surface area (Å²) in [6.45, 7) is 1.65. The Morgan fingerprint density at radius 1 is 1.33 bits per heavy atom. The standard InChI is InChI=1S/C11H9NO3/c1-7-6-8-4-2-3-5-9(8)10(11(7)13)12(14)15/h2-6,13H,1H3. The molecule has 2 aromatic carbocycles. The molecule has 0 unspecified atom stereocenters. The van der Waals surface area contributed by atoms with Gasteiger partial charge in [-0.15, -0.1) is 0 Å². The molecule has 0 atom stereocenters. The van der Waals surface area contributed by atoms with E-state index in [9.17, 15) is 15.2 Å². The van der Waals surface area contributed by atoms with Gasteiger partial charge in [-0.05, 0) is 30.0 Å². The second-order valence-electron chi connectivity index (χ2n) is 3.37. The first-order valence-corrected chi connectivity index (χ1v) is 4.47. The quantitative estimate of drug-likeness (QED) is 0.572. The van der Waals surface area contributed by atoms with E-state index in [1.165, 1.54) is 0 Å². The van der Waals surface area contributed by atoms with Crippen LogP contribution in [0.3, 0.4) is 0 Å². The third-order valence-corrected chi connectivity index (χ3v) is 2.37. The third kappa shape index (κ3) is 1.40. The van der Waals surface area contributed by atoms with E-state index in [1.54, 1.807) is 31.2 Å². The van der Waals surface area contributed by atoms with Gasteiger partial charge in [-0.1, -0.05) is 18.2 Å². The zero-order valence-electron chi connectivity index (χ0n) is 8.10. The molecule has 4 nitrogen and oxygen atoms in total. The summed E-state index contributed by atoms with van der Waals surface area (Å²) in [5, 5.41) is 21.7. The highest BCUT2D eigenvalue weighted by molar-refractivity contribution is 5.94. The van der Waals surface area contributed by atoms with E-state index in [-0.39, 0.29) is 11.4 Å². The molecule has 0 aliphatic carbocycles. The molecule has 0 saturated heterocycles. The van der Waals surface area contributed by atoms with Crippen molar-refractivity contribution >= 4 is 16.5 Å². The van der Waals surface area contributed by atoms with Crippen molar-refractivity contribution in [2.24, 2.45) is 0 Å². The van der Waals surface area contributed by atoms with Crippen LogP contribution in [0.1, 0.15) is 5.56 Å². The molecule has 0 aliphatic rings. The molecule has 0 bridgehead atoms. The van der Waals surface area contributed by atoms with E-state index < -0.39 is 4.92 Å². The Kier molecular flexibility index (Phi) is 2.04. The lowest BCUT2D eigenvalue weighted by atomic mass is 10.0. The minimum atomic E-state index is -0.551. The number of benzene rings is 2. The van der Waals surface area contributed by atoms with Gasteiger partial charge in [0.25, 0.3) is 0 Å². The number of aromatic hydroxyl groups is 1. The van der Waals surface area contributed by atoms with Crippen LogP contribution in [0.2, 0.25) is 0 Å². The maximum atomic E-state index is 10.8. The molecule has 0 spiro atoms. The zero-order chi connectivity index (χ0) is 11.0. The summed E-state index contributed by atoms with van der Waals surface area (Å²) in [6, 6.07) is 8.67. The van der Waals surface area contributed by atoms with Gasteiger partial charge in [0.05, 0.1) is 10.3 Å². The van der Waals surface area contributed by atoms with Crippen LogP contribution in [0.15, 0.2) is 30.3 Å². The van der Waals surface area contributed by atoms with E-state index in [1.807, 2.05) is 6.07 Å². The van der Waals surface area contributed by atoms with E-state index in [2.05, 4.69) is 0 Å². The molecule has 0 radical (unpaired) electrons. The second-order valence-corrected chi connectivity index (χ2v) is 3.37. The van der Waals surface area contributed by atoms with Crippen LogP contribution >= 0.6 is 0 Å². The molecule has 0 amide bonds. The lowest BCUT2D eigenvalue weighted by molar-refractivity contribution is -0.384. The van der Waals surface area contributed by atoms with Crippen molar-refractivity contribution in [3.8, 4) is 5.75 Å². The average Bonchev–Trinajstić information content (AvgIpc) is 2.19. The van der Waals surface area contributed by atoms with Crippen LogP contribution in [0.5, 0.6) is 5.75 Å². The number of nitro benzene ring substituents is 1. The first-order chi connectivity index (χ1) is 7.11. The smallest absolute Gasteiger partial charge is 0.318 e. The fraction of sp³-hybridized carbons (Fsp3) is 0.0909. The molecule has 0 aliphatic heterocycles. The molecule has 0 saturated carbocycles. The molecule has 76 valence electrons. The molecular weight excluding hydrogens is 194 g/mol. The van der Waals surface area contributed by atoms with Crippen LogP contribution < -0.4 is 0 Å². The molecule has 1 N–H and O–H groups in total. The van der Waals surface area contributed by atoms with Crippen molar-refractivity contribution < 1.29 is 10.0 Å². The van der Waals surface area contributed by atoms with E-state index in [4.69, 9.17) is 0 Å². The zero-order valence-corrected chi connectivity index (χ0v) is 8.10. The lowest BCUT2D eigenvalue weighted by Gasteiger charge is -2.04. The maximum absolute atomic E-state index is 10.8. The number of phenols is 1. The van der Waals surface area contributed by atoms with Gasteiger partial charge in [0, 0.05) is 0 Å². The Morgan fingerprint density at radius 3 is 2.67 bits per heavy atom. The van der Waals surface area contributed by atoms with Crippen molar-refractivity contribution in [1.82, 2.24) is 0 Å². The summed E-state index contributed by atoms with van der Waals surface area (Å²) in [4.78, 5) is 10.3. The first-order valence-electron chi connectivity index (χ1n) is 4.47. The Labute approximate surface area is 85.9 Å². The van der Waals surface area contributed by atoms with Crippen molar-refractivity contribution in [2.75, 3.05) is 0 Å². The Hall–Kier alpha value is -2.10. The Morgan fingerprint density at radius 2 is 2.00 bits per heavy atom. The molecule has 0 aromatic heterocycles. The molecular formula is C11H9NO3. The first kappa shape index (κ1) is 9.45. The SMILES string of the molecule is Cc1cc2ccccc2c([N+](=O)[O-])c1O. The molecule has 0 fully saturated rings. The average molecular weight is 203 g/mol. The summed E-state index contributed by atoms with van der Waals surface area (Å²) >= 11 is 0. The van der Waals surface area contributed by atoms with Crippen LogP contribution in [-0.4, -0.2) is 10.0 Å². The number of rotatable bonds is 1. The summed E-state index contributed by atoms with van der Waals surface area (Å²) in [5.41, 5.74) is 0.297. The number of fused-ring (bicyclic) bond motifs is 1. The third-order valence-electron chi connectivity index (χ3n) is 2.37. The summed E-state index contributed by atoms with van der Waals surface area (Å²) in [5.74, 6) is -0.251. The van der Waals surface area contributed by atoms with Crippen LogP contribution in [-0.2, 0) is 0 Å². The fourth-order valence-electron chi connectivity index (χ4n) is 1.64. The number of aryl methyl sites for hydroxylation is 1. The Bertz CT molecular complexity index is 549. The van der Waals surface area contributed by atoms with Crippen LogP contribution in [0.4, 0.5) is 5.69 Å². The van der Waals surface area contributed by atoms with Crippen LogP contribution in [0, 0.1) is 17.0 Å². The summed E-state index contributed by atoms with van der Waals surface area (Å²) in [6.07, 6.45) is 0. The predicted molar refractivity (Wildman–Crippen MR) is 57.0 cm³/mol. The van der Waals surface area contributed by atoms with Crippen molar-refractivity contribution in [1.29, 1.82) is 0 Å². The minimum Gasteiger partial charge on any atom is -0.502 e. The number of nitrogens with zero attached hydrogens (tertiary/aromatic N) is 1. The summed E-state index contributed by atoms with van der Waals surface area (Å²) in [7, 11) is 0.